The zero-order chi connectivity index (χ0) is 20.1. The molecule has 6 heteroatoms. The molecule has 0 saturated carbocycles. The van der Waals surface area contributed by atoms with Crippen LogP contribution in [0.4, 0.5) is 4.39 Å². The van der Waals surface area contributed by atoms with Crippen molar-refractivity contribution in [3.8, 4) is 0 Å². The molecule has 0 aromatic rings. The van der Waals surface area contributed by atoms with Gasteiger partial charge in [-0.2, -0.15) is 0 Å². The maximum atomic E-state index is 14.6. The van der Waals surface area contributed by atoms with E-state index in [1.807, 2.05) is 20.8 Å². The predicted molar refractivity (Wildman–Crippen MR) is 107 cm³/mol. The van der Waals surface area contributed by atoms with Gasteiger partial charge in [0.05, 0.1) is 36.6 Å². The van der Waals surface area contributed by atoms with Crippen molar-refractivity contribution in [3.63, 3.8) is 0 Å². The smallest absolute Gasteiger partial charge is 0.119 e. The van der Waals surface area contributed by atoms with Crippen LogP contribution in [0.3, 0.4) is 0 Å². The number of halogens is 1. The molecule has 2 saturated heterocycles. The van der Waals surface area contributed by atoms with Gasteiger partial charge >= 0.3 is 0 Å². The topological polar surface area (TPSA) is 34.2 Å². The Labute approximate surface area is 165 Å². The lowest BCUT2D eigenvalue weighted by atomic mass is 10.0. The minimum Gasteiger partial charge on any atom is -0.380 e. The molecule has 160 valence electrons. The molecule has 2 aliphatic rings. The third-order valence-electron chi connectivity index (χ3n) is 5.92. The Balaban J connectivity index is 1.98. The molecule has 2 heterocycles. The van der Waals surface area contributed by atoms with Crippen molar-refractivity contribution in [1.29, 1.82) is 0 Å². The van der Waals surface area contributed by atoms with E-state index in [0.29, 0.717) is 12.5 Å². The van der Waals surface area contributed by atoms with Gasteiger partial charge < -0.3 is 14.2 Å². The Hall–Kier alpha value is -0.270. The Kier molecular flexibility index (Phi) is 8.94. The van der Waals surface area contributed by atoms with Crippen LogP contribution < -0.4 is 0 Å². The van der Waals surface area contributed by atoms with E-state index in [0.717, 1.165) is 32.5 Å². The highest BCUT2D eigenvalue weighted by Gasteiger charge is 2.40. The van der Waals surface area contributed by atoms with Crippen molar-refractivity contribution in [1.82, 2.24) is 9.80 Å². The van der Waals surface area contributed by atoms with Gasteiger partial charge in [0.1, 0.15) is 6.17 Å². The second kappa shape index (κ2) is 10.5. The van der Waals surface area contributed by atoms with Crippen molar-refractivity contribution in [2.75, 3.05) is 33.8 Å². The van der Waals surface area contributed by atoms with Gasteiger partial charge in [-0.25, -0.2) is 4.39 Å². The largest absolute Gasteiger partial charge is 0.380 e. The van der Waals surface area contributed by atoms with E-state index in [1.54, 1.807) is 7.11 Å². The normalized spacial score (nSPS) is 32.7. The minimum atomic E-state index is -0.810. The van der Waals surface area contributed by atoms with Gasteiger partial charge in [-0.3, -0.25) is 9.80 Å². The first-order valence-electron chi connectivity index (χ1n) is 10.6. The van der Waals surface area contributed by atoms with Gasteiger partial charge in [0.2, 0.25) is 0 Å². The number of likely N-dealkylation sites (N-methyl/N-ethyl adjacent to an activating group) is 1. The third kappa shape index (κ3) is 6.36. The lowest BCUT2D eigenvalue weighted by Gasteiger charge is -2.35. The van der Waals surface area contributed by atoms with Crippen LogP contribution in [0.2, 0.25) is 0 Å². The molecular formula is C21H41FN2O3. The zero-order valence-corrected chi connectivity index (χ0v) is 18.4. The molecular weight excluding hydrogens is 347 g/mol. The van der Waals surface area contributed by atoms with Gasteiger partial charge in [0.15, 0.2) is 0 Å². The third-order valence-corrected chi connectivity index (χ3v) is 5.92. The summed E-state index contributed by atoms with van der Waals surface area (Å²) in [7, 11) is 3.93. The van der Waals surface area contributed by atoms with Crippen LogP contribution in [0.15, 0.2) is 0 Å². The number of alkyl halides is 1. The number of nitrogens with zero attached hydrogens (tertiary/aromatic N) is 2. The molecule has 0 bridgehead atoms. The molecule has 0 unspecified atom stereocenters. The molecule has 2 rings (SSSR count). The van der Waals surface area contributed by atoms with E-state index in [2.05, 4.69) is 30.7 Å². The zero-order valence-electron chi connectivity index (χ0n) is 18.4. The Bertz CT molecular complexity index is 438. The number of hydrogen-bond donors (Lipinski definition) is 0. The van der Waals surface area contributed by atoms with Crippen molar-refractivity contribution in [3.05, 3.63) is 0 Å². The lowest BCUT2D eigenvalue weighted by molar-refractivity contribution is -0.0562. The van der Waals surface area contributed by atoms with Gasteiger partial charge in [0.25, 0.3) is 0 Å². The number of rotatable bonds is 10. The molecule has 0 amide bonds. The fourth-order valence-corrected chi connectivity index (χ4v) is 4.78. The van der Waals surface area contributed by atoms with Crippen molar-refractivity contribution < 1.29 is 18.6 Å². The van der Waals surface area contributed by atoms with E-state index in [4.69, 9.17) is 14.2 Å². The maximum absolute atomic E-state index is 14.6. The summed E-state index contributed by atoms with van der Waals surface area (Å²) in [4.78, 5) is 4.63. The Morgan fingerprint density at radius 1 is 1.07 bits per heavy atom. The highest BCUT2D eigenvalue weighted by atomic mass is 19.1. The average molecular weight is 389 g/mol. The number of likely N-dealkylation sites (tertiary alicyclic amines) is 2. The second-order valence-electron chi connectivity index (χ2n) is 8.83. The number of hydrogen-bond acceptors (Lipinski definition) is 5. The number of methoxy groups -OCH3 is 1. The fourth-order valence-electron chi connectivity index (χ4n) is 4.78. The van der Waals surface area contributed by atoms with Crippen LogP contribution in [0, 0.1) is 0 Å². The summed E-state index contributed by atoms with van der Waals surface area (Å²) in [6.07, 6.45) is 2.29. The Morgan fingerprint density at radius 2 is 1.74 bits per heavy atom. The van der Waals surface area contributed by atoms with Gasteiger partial charge in [-0.05, 0) is 60.9 Å². The quantitative estimate of drug-likeness (QED) is 0.574. The Morgan fingerprint density at radius 3 is 2.30 bits per heavy atom. The minimum absolute atomic E-state index is 0.0982. The molecule has 0 spiro atoms. The van der Waals surface area contributed by atoms with Crippen LogP contribution in [-0.4, -0.2) is 92.4 Å². The van der Waals surface area contributed by atoms with Gasteiger partial charge in [-0.15, -0.1) is 0 Å². The standard InChI is InChI=1S/C21H41FN2O3/c1-14(2)26-16(5)21-18(22)8-10-24(21)11-9-20(27-15(3)4)19-12-17(25-7)13-23(19)6/h14-21H,8-13H2,1-7H3/t16-,17+,18-,19-,20-,21+/m0/s1. The molecule has 6 atom stereocenters. The summed E-state index contributed by atoms with van der Waals surface area (Å²) in [5.74, 6) is 0. The first kappa shape index (κ1) is 23.0. The van der Waals surface area contributed by atoms with Crippen LogP contribution in [0.1, 0.15) is 53.9 Å². The molecule has 2 aliphatic heterocycles. The first-order valence-corrected chi connectivity index (χ1v) is 10.6. The van der Waals surface area contributed by atoms with Crippen molar-refractivity contribution in [2.24, 2.45) is 0 Å². The van der Waals surface area contributed by atoms with E-state index in [9.17, 15) is 4.39 Å². The summed E-state index contributed by atoms with van der Waals surface area (Å²) < 4.78 is 32.3. The first-order chi connectivity index (χ1) is 12.7. The summed E-state index contributed by atoms with van der Waals surface area (Å²) in [6, 6.07) is 0.198. The SMILES string of the molecule is CO[C@@H]1C[C@@H]([C@H](CCN2CC[C@H](F)[C@H]2[C@H](C)OC(C)C)OC(C)C)N(C)C1. The summed E-state index contributed by atoms with van der Waals surface area (Å²) >= 11 is 0. The molecule has 27 heavy (non-hydrogen) atoms. The maximum Gasteiger partial charge on any atom is 0.119 e. The number of ether oxygens (including phenoxy) is 3. The van der Waals surface area contributed by atoms with Gasteiger partial charge in [-0.1, -0.05) is 0 Å². The monoisotopic (exact) mass is 388 g/mol. The van der Waals surface area contributed by atoms with Crippen LogP contribution >= 0.6 is 0 Å². The molecule has 5 nitrogen and oxygen atoms in total. The molecule has 2 fully saturated rings. The summed E-state index contributed by atoms with van der Waals surface area (Å²) in [6.45, 7) is 12.8. The van der Waals surface area contributed by atoms with E-state index in [1.165, 1.54) is 0 Å². The van der Waals surface area contributed by atoms with Crippen LogP contribution in [-0.2, 0) is 14.2 Å². The summed E-state index contributed by atoms with van der Waals surface area (Å²) in [5.41, 5.74) is 0. The van der Waals surface area contributed by atoms with Crippen LogP contribution in [0.5, 0.6) is 0 Å². The second-order valence-corrected chi connectivity index (χ2v) is 8.83. The summed E-state index contributed by atoms with van der Waals surface area (Å²) in [5, 5.41) is 0. The van der Waals surface area contributed by atoms with Crippen LogP contribution in [0.25, 0.3) is 0 Å². The van der Waals surface area contributed by atoms with E-state index < -0.39 is 6.17 Å². The van der Waals surface area contributed by atoms with E-state index >= 15 is 0 Å². The average Bonchev–Trinajstić information content (AvgIpc) is 3.13. The molecule has 0 aromatic heterocycles. The fraction of sp³-hybridized carbons (Fsp3) is 1.00. The lowest BCUT2D eigenvalue weighted by Crippen LogP contribution is -2.47. The highest BCUT2D eigenvalue weighted by molar-refractivity contribution is 4.94. The van der Waals surface area contributed by atoms with Crippen molar-refractivity contribution >= 4 is 0 Å². The molecule has 0 aliphatic carbocycles. The molecule has 0 aromatic carbocycles. The highest BCUT2D eigenvalue weighted by Crippen LogP contribution is 2.29. The van der Waals surface area contributed by atoms with E-state index in [-0.39, 0.29) is 36.6 Å². The predicted octanol–water partition coefficient (Wildman–Crippen LogP) is 3.12. The van der Waals surface area contributed by atoms with Gasteiger partial charge in [0, 0.05) is 32.8 Å². The molecule has 0 radical (unpaired) electrons. The molecule has 0 N–H and O–H groups in total. The van der Waals surface area contributed by atoms with Crippen molar-refractivity contribution in [2.45, 2.75) is 103 Å².